The molecule has 1 aliphatic rings. The summed E-state index contributed by atoms with van der Waals surface area (Å²) in [6.07, 6.45) is 8.71. The van der Waals surface area contributed by atoms with E-state index in [4.69, 9.17) is 10.5 Å². The van der Waals surface area contributed by atoms with Crippen LogP contribution in [0.15, 0.2) is 18.5 Å². The van der Waals surface area contributed by atoms with E-state index in [0.29, 0.717) is 5.92 Å². The van der Waals surface area contributed by atoms with Gasteiger partial charge in [-0.2, -0.15) is 0 Å². The molecule has 0 saturated heterocycles. The van der Waals surface area contributed by atoms with E-state index in [9.17, 15) is 0 Å². The zero-order chi connectivity index (χ0) is 13.8. The predicted molar refractivity (Wildman–Crippen MR) is 78.0 cm³/mol. The van der Waals surface area contributed by atoms with Gasteiger partial charge in [0.2, 0.25) is 0 Å². The van der Waals surface area contributed by atoms with Crippen LogP contribution in [0.25, 0.3) is 0 Å². The molecule has 0 amide bonds. The maximum absolute atomic E-state index is 6.42. The van der Waals surface area contributed by atoms with Gasteiger partial charge in [-0.05, 0) is 55.1 Å². The standard InChI is InChI=1S/C16H26N2O/c1-11(2)12-4-6-13(7-5-12)16(17)14-8-15(19-3)10-18-9-14/h8-13,16H,4-7,17H2,1-3H3. The van der Waals surface area contributed by atoms with Crippen molar-refractivity contribution in [2.24, 2.45) is 23.5 Å². The third-order valence-corrected chi connectivity index (χ3v) is 4.62. The van der Waals surface area contributed by atoms with E-state index < -0.39 is 0 Å². The van der Waals surface area contributed by atoms with Crippen molar-refractivity contribution in [2.75, 3.05) is 7.11 Å². The van der Waals surface area contributed by atoms with E-state index in [2.05, 4.69) is 18.8 Å². The number of nitrogens with zero attached hydrogens (tertiary/aromatic N) is 1. The number of pyridine rings is 1. The minimum absolute atomic E-state index is 0.0933. The number of hydrogen-bond donors (Lipinski definition) is 1. The second-order valence-electron chi connectivity index (χ2n) is 6.10. The lowest BCUT2D eigenvalue weighted by Gasteiger charge is -2.34. The Hall–Kier alpha value is -1.09. The van der Waals surface area contributed by atoms with E-state index in [0.717, 1.165) is 23.1 Å². The van der Waals surface area contributed by atoms with Crippen LogP contribution in [-0.4, -0.2) is 12.1 Å². The smallest absolute Gasteiger partial charge is 0.137 e. The van der Waals surface area contributed by atoms with E-state index >= 15 is 0 Å². The molecule has 1 saturated carbocycles. The number of rotatable bonds is 4. The SMILES string of the molecule is COc1cncc(C(N)C2CCC(C(C)C)CC2)c1. The highest BCUT2D eigenvalue weighted by Gasteiger charge is 2.27. The second kappa shape index (κ2) is 6.38. The number of ether oxygens (including phenoxy) is 1. The quantitative estimate of drug-likeness (QED) is 0.902. The van der Waals surface area contributed by atoms with Gasteiger partial charge in [0.1, 0.15) is 5.75 Å². The summed E-state index contributed by atoms with van der Waals surface area (Å²) >= 11 is 0. The van der Waals surface area contributed by atoms with Gasteiger partial charge in [-0.3, -0.25) is 4.98 Å². The lowest BCUT2D eigenvalue weighted by atomic mass is 9.74. The molecule has 0 aliphatic heterocycles. The Morgan fingerprint density at radius 3 is 2.37 bits per heavy atom. The normalized spacial score (nSPS) is 25.3. The Kier molecular flexibility index (Phi) is 4.81. The summed E-state index contributed by atoms with van der Waals surface area (Å²) in [7, 11) is 1.67. The summed E-state index contributed by atoms with van der Waals surface area (Å²) in [6.45, 7) is 4.66. The Morgan fingerprint density at radius 1 is 1.16 bits per heavy atom. The minimum Gasteiger partial charge on any atom is -0.495 e. The van der Waals surface area contributed by atoms with Crippen LogP contribution in [0.1, 0.15) is 51.1 Å². The van der Waals surface area contributed by atoms with Crippen molar-refractivity contribution >= 4 is 0 Å². The molecule has 0 bridgehead atoms. The number of hydrogen-bond acceptors (Lipinski definition) is 3. The largest absolute Gasteiger partial charge is 0.495 e. The number of nitrogens with two attached hydrogens (primary N) is 1. The molecule has 1 atom stereocenters. The average Bonchev–Trinajstić information content (AvgIpc) is 2.46. The van der Waals surface area contributed by atoms with Crippen LogP contribution in [0.3, 0.4) is 0 Å². The van der Waals surface area contributed by atoms with Crippen LogP contribution in [0.5, 0.6) is 5.75 Å². The van der Waals surface area contributed by atoms with Crippen LogP contribution < -0.4 is 10.5 Å². The second-order valence-corrected chi connectivity index (χ2v) is 6.10. The van der Waals surface area contributed by atoms with Crippen molar-refractivity contribution in [2.45, 2.75) is 45.6 Å². The highest BCUT2D eigenvalue weighted by atomic mass is 16.5. The Balaban J connectivity index is 1.98. The van der Waals surface area contributed by atoms with Gasteiger partial charge in [0.05, 0.1) is 13.3 Å². The van der Waals surface area contributed by atoms with Crippen LogP contribution in [0.4, 0.5) is 0 Å². The Morgan fingerprint density at radius 2 is 1.79 bits per heavy atom. The molecule has 1 unspecified atom stereocenters. The van der Waals surface area contributed by atoms with Gasteiger partial charge in [-0.25, -0.2) is 0 Å². The maximum Gasteiger partial charge on any atom is 0.137 e. The molecular formula is C16H26N2O. The van der Waals surface area contributed by atoms with Crippen molar-refractivity contribution in [3.63, 3.8) is 0 Å². The summed E-state index contributed by atoms with van der Waals surface area (Å²) in [6, 6.07) is 2.11. The lowest BCUT2D eigenvalue weighted by molar-refractivity contribution is 0.203. The summed E-state index contributed by atoms with van der Waals surface area (Å²) in [4.78, 5) is 4.21. The van der Waals surface area contributed by atoms with Crippen molar-refractivity contribution in [1.29, 1.82) is 0 Å². The highest BCUT2D eigenvalue weighted by molar-refractivity contribution is 5.26. The van der Waals surface area contributed by atoms with Gasteiger partial charge in [-0.15, -0.1) is 0 Å². The maximum atomic E-state index is 6.42. The minimum atomic E-state index is 0.0933. The molecule has 1 aromatic rings. The fourth-order valence-electron chi connectivity index (χ4n) is 3.17. The molecule has 1 aromatic heterocycles. The molecule has 1 aliphatic carbocycles. The van der Waals surface area contributed by atoms with Gasteiger partial charge >= 0.3 is 0 Å². The van der Waals surface area contributed by atoms with Crippen LogP contribution in [-0.2, 0) is 0 Å². The molecule has 1 heterocycles. The third kappa shape index (κ3) is 3.47. The lowest BCUT2D eigenvalue weighted by Crippen LogP contribution is -2.27. The van der Waals surface area contributed by atoms with Gasteiger partial charge in [0.25, 0.3) is 0 Å². The average molecular weight is 262 g/mol. The Bertz CT molecular complexity index is 397. The first kappa shape index (κ1) is 14.3. The first-order valence-electron chi connectivity index (χ1n) is 7.36. The van der Waals surface area contributed by atoms with Gasteiger partial charge in [0, 0.05) is 12.2 Å². The molecule has 0 radical (unpaired) electrons. The summed E-state index contributed by atoms with van der Waals surface area (Å²) in [5.74, 6) is 3.07. The van der Waals surface area contributed by atoms with Crippen LogP contribution in [0.2, 0.25) is 0 Å². The zero-order valence-corrected chi connectivity index (χ0v) is 12.3. The molecule has 2 N–H and O–H groups in total. The van der Waals surface area contributed by atoms with E-state index in [1.54, 1.807) is 13.3 Å². The number of methoxy groups -OCH3 is 1. The molecular weight excluding hydrogens is 236 g/mol. The molecule has 19 heavy (non-hydrogen) atoms. The molecule has 0 aromatic carbocycles. The van der Waals surface area contributed by atoms with Crippen molar-refractivity contribution in [3.8, 4) is 5.75 Å². The van der Waals surface area contributed by atoms with Gasteiger partial charge in [-0.1, -0.05) is 13.8 Å². The van der Waals surface area contributed by atoms with Crippen molar-refractivity contribution in [1.82, 2.24) is 4.98 Å². The topological polar surface area (TPSA) is 48.1 Å². The fraction of sp³-hybridized carbons (Fsp3) is 0.688. The molecule has 2 rings (SSSR count). The molecule has 3 heteroatoms. The summed E-state index contributed by atoms with van der Waals surface area (Å²) in [5.41, 5.74) is 7.52. The molecule has 106 valence electrons. The van der Waals surface area contributed by atoms with Crippen LogP contribution >= 0.6 is 0 Å². The first-order chi connectivity index (χ1) is 9.11. The highest BCUT2D eigenvalue weighted by Crippen LogP contribution is 2.38. The summed E-state index contributed by atoms with van der Waals surface area (Å²) in [5, 5.41) is 0. The third-order valence-electron chi connectivity index (χ3n) is 4.62. The van der Waals surface area contributed by atoms with E-state index in [-0.39, 0.29) is 6.04 Å². The van der Waals surface area contributed by atoms with E-state index in [1.807, 2.05) is 12.3 Å². The predicted octanol–water partition coefficient (Wildman–Crippen LogP) is 3.55. The van der Waals surface area contributed by atoms with E-state index in [1.165, 1.54) is 25.7 Å². The fourth-order valence-corrected chi connectivity index (χ4v) is 3.17. The summed E-state index contributed by atoms with van der Waals surface area (Å²) < 4.78 is 5.22. The first-order valence-corrected chi connectivity index (χ1v) is 7.36. The molecule has 0 spiro atoms. The number of aromatic nitrogens is 1. The molecule has 1 fully saturated rings. The zero-order valence-electron chi connectivity index (χ0n) is 12.3. The Labute approximate surface area is 116 Å². The van der Waals surface area contributed by atoms with Crippen LogP contribution in [0, 0.1) is 17.8 Å². The monoisotopic (exact) mass is 262 g/mol. The van der Waals surface area contributed by atoms with Crippen molar-refractivity contribution in [3.05, 3.63) is 24.0 Å². The van der Waals surface area contributed by atoms with Gasteiger partial charge < -0.3 is 10.5 Å². The van der Waals surface area contributed by atoms with Crippen molar-refractivity contribution < 1.29 is 4.74 Å². The molecule has 3 nitrogen and oxygen atoms in total. The van der Waals surface area contributed by atoms with Gasteiger partial charge in [0.15, 0.2) is 0 Å².